The summed E-state index contributed by atoms with van der Waals surface area (Å²) in [4.78, 5) is 15.8. The van der Waals surface area contributed by atoms with Crippen molar-refractivity contribution in [3.8, 4) is 0 Å². The van der Waals surface area contributed by atoms with Gasteiger partial charge in [-0.3, -0.25) is 4.79 Å². The quantitative estimate of drug-likeness (QED) is 0.880. The van der Waals surface area contributed by atoms with Crippen molar-refractivity contribution >= 4 is 5.97 Å². The van der Waals surface area contributed by atoms with Gasteiger partial charge < -0.3 is 14.4 Å². The summed E-state index contributed by atoms with van der Waals surface area (Å²) in [6.07, 6.45) is 3.53. The van der Waals surface area contributed by atoms with Gasteiger partial charge in [-0.25, -0.2) is 0 Å². The molecule has 0 aromatic carbocycles. The van der Waals surface area contributed by atoms with Crippen LogP contribution in [0.4, 0.5) is 0 Å². The lowest BCUT2D eigenvalue weighted by atomic mass is 9.83. The molecule has 0 unspecified atom stereocenters. The average molecular weight is 268 g/mol. The second kappa shape index (κ2) is 4.92. The lowest BCUT2D eigenvalue weighted by Crippen LogP contribution is -2.30. The van der Waals surface area contributed by atoms with Gasteiger partial charge in [0.15, 0.2) is 0 Å². The van der Waals surface area contributed by atoms with Crippen molar-refractivity contribution in [1.29, 1.82) is 0 Å². The summed E-state index contributed by atoms with van der Waals surface area (Å²) >= 11 is 0. The van der Waals surface area contributed by atoms with Crippen molar-refractivity contribution in [3.05, 3.63) is 11.7 Å². The fraction of sp³-hybridized carbons (Fsp3) is 0.769. The van der Waals surface area contributed by atoms with Gasteiger partial charge in [-0.05, 0) is 26.7 Å². The largest absolute Gasteiger partial charge is 0.481 e. The molecule has 1 aromatic heterocycles. The number of carboxylic acid groups (broad SMARTS) is 1. The highest BCUT2D eigenvalue weighted by atomic mass is 16.5. The molecular weight excluding hydrogens is 248 g/mol. The van der Waals surface area contributed by atoms with Gasteiger partial charge in [0.25, 0.3) is 0 Å². The molecule has 0 amide bonds. The molecule has 0 saturated heterocycles. The maximum atomic E-state index is 11.5. The molecule has 6 nitrogen and oxygen atoms in total. The number of ether oxygens (including phenoxy) is 1. The summed E-state index contributed by atoms with van der Waals surface area (Å²) in [5.74, 6) is 0.0590. The van der Waals surface area contributed by atoms with E-state index in [2.05, 4.69) is 10.1 Å². The Morgan fingerprint density at radius 2 is 2.11 bits per heavy atom. The average Bonchev–Trinajstić information content (AvgIpc) is 2.99. The maximum Gasteiger partial charge on any atom is 0.310 e. The van der Waals surface area contributed by atoms with Crippen LogP contribution in [0.25, 0.3) is 0 Å². The van der Waals surface area contributed by atoms with Crippen molar-refractivity contribution in [2.75, 3.05) is 7.11 Å². The normalized spacial score (nSPS) is 18.7. The lowest BCUT2D eigenvalue weighted by molar-refractivity contribution is -0.148. The minimum atomic E-state index is -0.768. The highest BCUT2D eigenvalue weighted by Gasteiger charge is 2.43. The molecule has 1 fully saturated rings. The Labute approximate surface area is 112 Å². The fourth-order valence-corrected chi connectivity index (χ4v) is 2.47. The minimum Gasteiger partial charge on any atom is -0.481 e. The molecule has 19 heavy (non-hydrogen) atoms. The third kappa shape index (κ3) is 2.63. The number of rotatable bonds is 5. The first kappa shape index (κ1) is 14.0. The Bertz CT molecular complexity index is 461. The summed E-state index contributed by atoms with van der Waals surface area (Å²) in [7, 11) is 1.58. The van der Waals surface area contributed by atoms with E-state index in [0.29, 0.717) is 31.0 Å². The van der Waals surface area contributed by atoms with Gasteiger partial charge in [0.2, 0.25) is 11.7 Å². The van der Waals surface area contributed by atoms with Crippen molar-refractivity contribution < 1.29 is 19.2 Å². The number of methoxy groups -OCH3 is 1. The predicted molar refractivity (Wildman–Crippen MR) is 66.6 cm³/mol. The molecule has 0 spiro atoms. The first-order chi connectivity index (χ1) is 8.89. The van der Waals surface area contributed by atoms with E-state index in [-0.39, 0.29) is 0 Å². The van der Waals surface area contributed by atoms with E-state index in [4.69, 9.17) is 9.26 Å². The van der Waals surface area contributed by atoms with Gasteiger partial charge in [-0.15, -0.1) is 0 Å². The van der Waals surface area contributed by atoms with Crippen LogP contribution in [-0.4, -0.2) is 28.3 Å². The van der Waals surface area contributed by atoms with Crippen LogP contribution in [0.3, 0.4) is 0 Å². The van der Waals surface area contributed by atoms with Gasteiger partial charge in [0.05, 0.1) is 5.41 Å². The SMILES string of the molecule is COC(C)(C)c1noc(CC2(C(=O)O)CCCC2)n1. The van der Waals surface area contributed by atoms with Crippen LogP contribution in [0.2, 0.25) is 0 Å². The second-order valence-electron chi connectivity index (χ2n) is 5.70. The van der Waals surface area contributed by atoms with E-state index in [1.807, 2.05) is 13.8 Å². The van der Waals surface area contributed by atoms with Crippen LogP contribution in [-0.2, 0) is 21.6 Å². The molecule has 1 saturated carbocycles. The molecule has 1 heterocycles. The smallest absolute Gasteiger partial charge is 0.310 e. The summed E-state index contributed by atoms with van der Waals surface area (Å²) in [5.41, 5.74) is -1.37. The molecule has 0 aliphatic heterocycles. The third-order valence-electron chi connectivity index (χ3n) is 4.02. The van der Waals surface area contributed by atoms with E-state index in [1.165, 1.54) is 0 Å². The minimum absolute atomic E-state index is 0.301. The van der Waals surface area contributed by atoms with E-state index in [9.17, 15) is 9.90 Å². The molecule has 1 N–H and O–H groups in total. The Kier molecular flexibility index (Phi) is 3.62. The number of nitrogens with zero attached hydrogens (tertiary/aromatic N) is 2. The maximum absolute atomic E-state index is 11.5. The number of carbonyl (C=O) groups is 1. The second-order valence-corrected chi connectivity index (χ2v) is 5.70. The summed E-state index contributed by atoms with van der Waals surface area (Å²) < 4.78 is 10.5. The van der Waals surface area contributed by atoms with Crippen molar-refractivity contribution in [1.82, 2.24) is 10.1 Å². The summed E-state index contributed by atoms with van der Waals surface area (Å²) in [6, 6.07) is 0. The van der Waals surface area contributed by atoms with Gasteiger partial charge in [0.1, 0.15) is 5.60 Å². The van der Waals surface area contributed by atoms with Crippen molar-refractivity contribution in [3.63, 3.8) is 0 Å². The molecular formula is C13H20N2O4. The number of hydrogen-bond donors (Lipinski definition) is 1. The molecule has 0 atom stereocenters. The fourth-order valence-electron chi connectivity index (χ4n) is 2.47. The van der Waals surface area contributed by atoms with E-state index >= 15 is 0 Å². The molecule has 0 radical (unpaired) electrons. The third-order valence-corrected chi connectivity index (χ3v) is 4.02. The highest BCUT2D eigenvalue weighted by Crippen LogP contribution is 2.41. The number of carboxylic acids is 1. The van der Waals surface area contributed by atoms with Crippen LogP contribution in [0.15, 0.2) is 4.52 Å². The Hall–Kier alpha value is -1.43. The standard InChI is InChI=1S/C13H20N2O4/c1-12(2,18-3)10-14-9(19-15-10)8-13(11(16)17)6-4-5-7-13/h4-8H2,1-3H3,(H,16,17). The molecule has 1 aromatic rings. The first-order valence-corrected chi connectivity index (χ1v) is 6.51. The van der Waals surface area contributed by atoms with Crippen LogP contribution in [0.5, 0.6) is 0 Å². The Morgan fingerprint density at radius 3 is 2.63 bits per heavy atom. The van der Waals surface area contributed by atoms with Gasteiger partial charge in [-0.1, -0.05) is 18.0 Å². The van der Waals surface area contributed by atoms with E-state index < -0.39 is 17.0 Å². The number of hydrogen-bond acceptors (Lipinski definition) is 5. The van der Waals surface area contributed by atoms with E-state index in [1.54, 1.807) is 7.11 Å². The number of aromatic nitrogens is 2. The number of aliphatic carboxylic acids is 1. The molecule has 2 rings (SSSR count). The molecule has 1 aliphatic rings. The molecule has 0 bridgehead atoms. The zero-order valence-electron chi connectivity index (χ0n) is 11.6. The van der Waals surface area contributed by atoms with Crippen LogP contribution in [0.1, 0.15) is 51.2 Å². The predicted octanol–water partition coefficient (Wildman–Crippen LogP) is 2.14. The lowest BCUT2D eigenvalue weighted by Gasteiger charge is -2.21. The van der Waals surface area contributed by atoms with Crippen LogP contribution < -0.4 is 0 Å². The highest BCUT2D eigenvalue weighted by molar-refractivity contribution is 5.75. The Morgan fingerprint density at radius 1 is 1.47 bits per heavy atom. The van der Waals surface area contributed by atoms with Gasteiger partial charge >= 0.3 is 5.97 Å². The molecule has 1 aliphatic carbocycles. The summed E-state index contributed by atoms with van der Waals surface area (Å²) in [5, 5.41) is 13.3. The van der Waals surface area contributed by atoms with Crippen molar-refractivity contribution in [2.24, 2.45) is 5.41 Å². The molecule has 6 heteroatoms. The van der Waals surface area contributed by atoms with E-state index in [0.717, 1.165) is 12.8 Å². The monoisotopic (exact) mass is 268 g/mol. The Balaban J connectivity index is 2.18. The first-order valence-electron chi connectivity index (χ1n) is 6.51. The molecule has 106 valence electrons. The summed E-state index contributed by atoms with van der Waals surface area (Å²) in [6.45, 7) is 3.67. The van der Waals surface area contributed by atoms with Gasteiger partial charge in [-0.2, -0.15) is 4.98 Å². The zero-order valence-corrected chi connectivity index (χ0v) is 11.6. The van der Waals surface area contributed by atoms with Crippen molar-refractivity contribution in [2.45, 2.75) is 51.6 Å². The van der Waals surface area contributed by atoms with Crippen LogP contribution in [0, 0.1) is 5.41 Å². The van der Waals surface area contributed by atoms with Gasteiger partial charge in [0, 0.05) is 13.5 Å². The topological polar surface area (TPSA) is 85.5 Å². The van der Waals surface area contributed by atoms with Crippen LogP contribution >= 0.6 is 0 Å². The zero-order chi connectivity index (χ0) is 14.1.